The quantitative estimate of drug-likeness (QED) is 0.236. The molecule has 0 radical (unpaired) electrons. The van der Waals surface area contributed by atoms with Gasteiger partial charge in [-0.1, -0.05) is 18.2 Å². The van der Waals surface area contributed by atoms with Gasteiger partial charge in [-0.05, 0) is 67.1 Å². The lowest BCUT2D eigenvalue weighted by Crippen LogP contribution is -2.42. The predicted molar refractivity (Wildman–Crippen MR) is 166 cm³/mol. The van der Waals surface area contributed by atoms with Crippen LogP contribution in [-0.2, 0) is 16.6 Å². The molecule has 0 amide bonds. The maximum absolute atomic E-state index is 13.8. The van der Waals surface area contributed by atoms with Gasteiger partial charge >= 0.3 is 0 Å². The van der Waals surface area contributed by atoms with Crippen molar-refractivity contribution in [3.05, 3.63) is 83.7 Å². The van der Waals surface area contributed by atoms with Gasteiger partial charge in [0.25, 0.3) is 0 Å². The average molecular weight is 608 g/mol. The van der Waals surface area contributed by atoms with Crippen LogP contribution >= 0.6 is 11.8 Å². The minimum absolute atomic E-state index is 0.273. The van der Waals surface area contributed by atoms with E-state index in [1.54, 1.807) is 16.7 Å². The van der Waals surface area contributed by atoms with Gasteiger partial charge in [0.05, 0.1) is 29.9 Å². The summed E-state index contributed by atoms with van der Waals surface area (Å²) >= 11 is 6.15. The molecule has 0 unspecified atom stereocenters. The van der Waals surface area contributed by atoms with Gasteiger partial charge in [0.15, 0.2) is 0 Å². The number of piperazine rings is 1. The molecule has 1 saturated heterocycles. The summed E-state index contributed by atoms with van der Waals surface area (Å²) < 4.78 is 44.7. The number of aryl methyl sites for hydroxylation is 1. The van der Waals surface area contributed by atoms with Gasteiger partial charge in [0.2, 0.25) is 10.0 Å². The topological polar surface area (TPSA) is 99.2 Å². The normalized spacial score (nSPS) is 14.5. The van der Waals surface area contributed by atoms with Gasteiger partial charge in [0.1, 0.15) is 11.5 Å². The first-order valence-electron chi connectivity index (χ1n) is 13.6. The Labute approximate surface area is 249 Å². The van der Waals surface area contributed by atoms with Crippen LogP contribution in [0.4, 0.5) is 15.8 Å². The zero-order valence-electron chi connectivity index (χ0n) is 23.5. The van der Waals surface area contributed by atoms with Crippen LogP contribution in [0.3, 0.4) is 0 Å². The molecule has 218 valence electrons. The third kappa shape index (κ3) is 5.72. The molecule has 12 heteroatoms. The fourth-order valence-electron chi connectivity index (χ4n) is 5.61. The molecule has 5 aromatic rings. The van der Waals surface area contributed by atoms with E-state index in [-0.39, 0.29) is 5.82 Å². The van der Waals surface area contributed by atoms with Crippen LogP contribution < -0.4 is 9.62 Å². The first-order chi connectivity index (χ1) is 20.1. The van der Waals surface area contributed by atoms with Gasteiger partial charge in [0, 0.05) is 66.3 Å². The maximum Gasteiger partial charge on any atom is 0.229 e. The molecule has 42 heavy (non-hydrogen) atoms. The van der Waals surface area contributed by atoms with Crippen molar-refractivity contribution in [2.75, 3.05) is 42.1 Å². The molecule has 0 atom stereocenters. The Hall–Kier alpha value is -3.93. The molecule has 6 rings (SSSR count). The molecule has 0 aliphatic carbocycles. The number of pyridine rings is 1. The van der Waals surface area contributed by atoms with Crippen molar-refractivity contribution < 1.29 is 12.8 Å². The van der Waals surface area contributed by atoms with Crippen LogP contribution in [0, 0.1) is 19.7 Å². The molecule has 2 aromatic carbocycles. The molecule has 0 bridgehead atoms. The van der Waals surface area contributed by atoms with Crippen molar-refractivity contribution in [3.63, 3.8) is 0 Å². The number of benzene rings is 2. The van der Waals surface area contributed by atoms with Crippen molar-refractivity contribution in [2.24, 2.45) is 0 Å². The van der Waals surface area contributed by atoms with Crippen molar-refractivity contribution in [1.29, 1.82) is 0 Å². The van der Waals surface area contributed by atoms with Gasteiger partial charge in [-0.15, -0.1) is 0 Å². The third-order valence-electron chi connectivity index (χ3n) is 7.59. The number of H-pyrrole nitrogens is 1. The van der Waals surface area contributed by atoms with E-state index < -0.39 is 10.0 Å². The van der Waals surface area contributed by atoms with E-state index in [0.717, 1.165) is 62.2 Å². The van der Waals surface area contributed by atoms with Crippen LogP contribution in [0.25, 0.3) is 33.3 Å². The summed E-state index contributed by atoms with van der Waals surface area (Å²) in [5, 5.41) is 5.68. The molecule has 1 fully saturated rings. The SMILES string of the molecule is Cc1nn(Cc2cccc(F)c2)c(C)c1-c1c[nH]c2ncc(-c3ccc(N4CCN(Cl)CC4)c(NS(C)(=O)=O)c3)cc12. The summed E-state index contributed by atoms with van der Waals surface area (Å²) in [6, 6.07) is 14.4. The second kappa shape index (κ2) is 11.0. The highest BCUT2D eigenvalue weighted by Crippen LogP contribution is 2.37. The summed E-state index contributed by atoms with van der Waals surface area (Å²) in [7, 11) is -3.51. The van der Waals surface area contributed by atoms with Crippen LogP contribution in [0.15, 0.2) is 60.9 Å². The molecule has 0 spiro atoms. The van der Waals surface area contributed by atoms with E-state index in [9.17, 15) is 12.8 Å². The van der Waals surface area contributed by atoms with Gasteiger partial charge in [-0.2, -0.15) is 5.10 Å². The number of halogens is 2. The van der Waals surface area contributed by atoms with Gasteiger partial charge in [-0.25, -0.2) is 22.2 Å². The Bertz CT molecular complexity index is 1900. The predicted octanol–water partition coefficient (Wildman–Crippen LogP) is 5.54. The number of aromatic nitrogens is 4. The highest BCUT2D eigenvalue weighted by molar-refractivity contribution is 7.92. The van der Waals surface area contributed by atoms with Crippen LogP contribution in [0.5, 0.6) is 0 Å². The summed E-state index contributed by atoms with van der Waals surface area (Å²) in [5.41, 5.74) is 8.34. The number of hydrogen-bond donors (Lipinski definition) is 2. The molecule has 1 aliphatic heterocycles. The first-order valence-corrected chi connectivity index (χ1v) is 15.8. The molecule has 3 aromatic heterocycles. The Balaban J connectivity index is 1.38. The molecular weight excluding hydrogens is 577 g/mol. The van der Waals surface area contributed by atoms with E-state index in [1.165, 1.54) is 12.1 Å². The highest BCUT2D eigenvalue weighted by Gasteiger charge is 2.21. The molecule has 2 N–H and O–H groups in total. The number of nitrogens with one attached hydrogen (secondary N) is 2. The lowest BCUT2D eigenvalue weighted by Gasteiger charge is -2.34. The van der Waals surface area contributed by atoms with Crippen LogP contribution in [-0.4, -0.2) is 65.0 Å². The number of aromatic amines is 1. The smallest absolute Gasteiger partial charge is 0.229 e. The lowest BCUT2D eigenvalue weighted by atomic mass is 10.0. The monoisotopic (exact) mass is 607 g/mol. The van der Waals surface area contributed by atoms with Crippen molar-refractivity contribution in [3.8, 4) is 22.3 Å². The fourth-order valence-corrected chi connectivity index (χ4v) is 6.33. The Morgan fingerprint density at radius 1 is 1.05 bits per heavy atom. The van der Waals surface area contributed by atoms with Gasteiger partial charge < -0.3 is 9.88 Å². The Morgan fingerprint density at radius 2 is 1.83 bits per heavy atom. The minimum Gasteiger partial charge on any atom is -0.367 e. The maximum atomic E-state index is 13.8. The summed E-state index contributed by atoms with van der Waals surface area (Å²) in [6.07, 6.45) is 4.86. The van der Waals surface area contributed by atoms with E-state index >= 15 is 0 Å². The Morgan fingerprint density at radius 3 is 2.57 bits per heavy atom. The number of fused-ring (bicyclic) bond motifs is 1. The average Bonchev–Trinajstić information content (AvgIpc) is 3.47. The number of nitrogens with zero attached hydrogens (tertiary/aromatic N) is 5. The van der Waals surface area contributed by atoms with E-state index in [2.05, 4.69) is 25.7 Å². The first kappa shape index (κ1) is 28.2. The largest absolute Gasteiger partial charge is 0.367 e. The molecular formula is C30H31ClFN7O2S. The molecule has 1 aliphatic rings. The van der Waals surface area contributed by atoms with E-state index in [0.29, 0.717) is 38.4 Å². The summed E-state index contributed by atoms with van der Waals surface area (Å²) in [4.78, 5) is 10.1. The van der Waals surface area contributed by atoms with Crippen molar-refractivity contribution >= 4 is 44.2 Å². The highest BCUT2D eigenvalue weighted by atomic mass is 35.5. The minimum atomic E-state index is -3.51. The molecule has 0 saturated carbocycles. The summed E-state index contributed by atoms with van der Waals surface area (Å²) in [6.45, 7) is 7.16. The Kier molecular flexibility index (Phi) is 7.42. The second-order valence-corrected chi connectivity index (χ2v) is 12.9. The zero-order valence-corrected chi connectivity index (χ0v) is 25.1. The fraction of sp³-hybridized carbons (Fsp3) is 0.267. The second-order valence-electron chi connectivity index (χ2n) is 10.7. The van der Waals surface area contributed by atoms with E-state index in [4.69, 9.17) is 16.9 Å². The standard InChI is InChI=1S/C30H31ClFN7O2S/c1-19-29(20(2)39(35-19)18-21-5-4-6-24(32)13-21)26-17-34-30-25(26)14-23(16-33-30)22-7-8-28(27(15-22)36-42(3,40)41)37-9-11-38(31)12-10-37/h4-8,13-17,36H,9-12,18H2,1-3H3,(H,33,34). The number of hydrogen-bond acceptors (Lipinski definition) is 6. The molecule has 4 heterocycles. The number of rotatable bonds is 7. The molecule has 9 nitrogen and oxygen atoms in total. The third-order valence-corrected chi connectivity index (χ3v) is 8.52. The summed E-state index contributed by atoms with van der Waals surface area (Å²) in [5.74, 6) is -0.273. The van der Waals surface area contributed by atoms with Crippen LogP contribution in [0.1, 0.15) is 17.0 Å². The lowest BCUT2D eigenvalue weighted by molar-refractivity contribution is 0.416. The zero-order chi connectivity index (χ0) is 29.6. The van der Waals surface area contributed by atoms with Crippen molar-refractivity contribution in [2.45, 2.75) is 20.4 Å². The van der Waals surface area contributed by atoms with Crippen LogP contribution in [0.2, 0.25) is 0 Å². The number of sulfonamides is 1. The number of anilines is 2. The van der Waals surface area contributed by atoms with Crippen molar-refractivity contribution in [1.82, 2.24) is 24.2 Å². The van der Waals surface area contributed by atoms with Gasteiger partial charge in [-0.3, -0.25) is 9.40 Å². The van der Waals surface area contributed by atoms with E-state index in [1.807, 2.05) is 49.0 Å².